The van der Waals surface area contributed by atoms with Crippen LogP contribution in [0.3, 0.4) is 0 Å². The standard InChI is InChI=1S/C15H32N4O2/c1-14(2,3)18(12(20)16-7)10-9-11-19(13(21)17-8)15(4,5)6/h9-11H2,1-8H3,(H,16,20)(H,17,21). The van der Waals surface area contributed by atoms with Crippen molar-refractivity contribution in [1.82, 2.24) is 20.4 Å². The van der Waals surface area contributed by atoms with E-state index in [0.717, 1.165) is 6.42 Å². The molecule has 2 N–H and O–H groups in total. The molecular weight excluding hydrogens is 268 g/mol. The van der Waals surface area contributed by atoms with Crippen LogP contribution in [-0.4, -0.2) is 60.1 Å². The van der Waals surface area contributed by atoms with E-state index >= 15 is 0 Å². The third-order valence-corrected chi connectivity index (χ3v) is 3.30. The molecule has 0 radical (unpaired) electrons. The number of hydrogen-bond acceptors (Lipinski definition) is 2. The highest BCUT2D eigenvalue weighted by Crippen LogP contribution is 2.17. The summed E-state index contributed by atoms with van der Waals surface area (Å²) in [6.45, 7) is 13.2. The van der Waals surface area contributed by atoms with Crippen molar-refractivity contribution in [1.29, 1.82) is 0 Å². The average molecular weight is 300 g/mol. The van der Waals surface area contributed by atoms with Gasteiger partial charge in [0.05, 0.1) is 0 Å². The van der Waals surface area contributed by atoms with E-state index in [1.807, 2.05) is 41.5 Å². The second-order valence-corrected chi connectivity index (χ2v) is 7.11. The molecule has 6 nitrogen and oxygen atoms in total. The molecule has 0 rings (SSSR count). The van der Waals surface area contributed by atoms with Gasteiger partial charge >= 0.3 is 12.1 Å². The first-order valence-electron chi connectivity index (χ1n) is 7.44. The Morgan fingerprint density at radius 1 is 0.762 bits per heavy atom. The fourth-order valence-corrected chi connectivity index (χ4v) is 2.14. The molecule has 0 aromatic carbocycles. The lowest BCUT2D eigenvalue weighted by Crippen LogP contribution is -2.52. The van der Waals surface area contributed by atoms with Crippen molar-refractivity contribution in [2.24, 2.45) is 0 Å². The number of carbonyl (C=O) groups excluding carboxylic acids is 2. The summed E-state index contributed by atoms with van der Waals surface area (Å²) < 4.78 is 0. The van der Waals surface area contributed by atoms with Gasteiger partial charge in [-0.2, -0.15) is 0 Å². The van der Waals surface area contributed by atoms with Gasteiger partial charge in [-0.3, -0.25) is 0 Å². The summed E-state index contributed by atoms with van der Waals surface area (Å²) in [5.41, 5.74) is -0.501. The van der Waals surface area contributed by atoms with E-state index in [2.05, 4.69) is 10.6 Å². The molecule has 0 unspecified atom stereocenters. The lowest BCUT2D eigenvalue weighted by atomic mass is 10.0. The molecule has 21 heavy (non-hydrogen) atoms. The molecule has 0 aliphatic rings. The molecule has 0 fully saturated rings. The van der Waals surface area contributed by atoms with Gasteiger partial charge in [0.2, 0.25) is 0 Å². The number of nitrogens with one attached hydrogen (secondary N) is 2. The molecule has 0 atom stereocenters. The lowest BCUT2D eigenvalue weighted by Gasteiger charge is -2.38. The van der Waals surface area contributed by atoms with Crippen molar-refractivity contribution in [2.45, 2.75) is 59.0 Å². The Bertz CT molecular complexity index is 322. The minimum Gasteiger partial charge on any atom is -0.341 e. The van der Waals surface area contributed by atoms with Gasteiger partial charge in [0.1, 0.15) is 0 Å². The summed E-state index contributed by atoms with van der Waals surface area (Å²) in [6.07, 6.45) is 0.732. The molecule has 0 aliphatic heterocycles. The largest absolute Gasteiger partial charge is 0.341 e. The summed E-state index contributed by atoms with van der Waals surface area (Å²) in [4.78, 5) is 27.5. The highest BCUT2D eigenvalue weighted by atomic mass is 16.2. The molecule has 0 heterocycles. The zero-order chi connectivity index (χ0) is 16.8. The molecule has 0 aromatic heterocycles. The first kappa shape index (κ1) is 19.5. The summed E-state index contributed by atoms with van der Waals surface area (Å²) in [5.74, 6) is 0. The second kappa shape index (κ2) is 7.52. The predicted molar refractivity (Wildman–Crippen MR) is 86.4 cm³/mol. The summed E-state index contributed by atoms with van der Waals surface area (Å²) in [5, 5.41) is 5.34. The summed E-state index contributed by atoms with van der Waals surface area (Å²) >= 11 is 0. The van der Waals surface area contributed by atoms with Crippen LogP contribution in [0.4, 0.5) is 9.59 Å². The van der Waals surface area contributed by atoms with Crippen molar-refractivity contribution >= 4 is 12.1 Å². The maximum Gasteiger partial charge on any atom is 0.317 e. The van der Waals surface area contributed by atoms with Crippen LogP contribution >= 0.6 is 0 Å². The monoisotopic (exact) mass is 300 g/mol. The molecule has 124 valence electrons. The number of rotatable bonds is 4. The van der Waals surface area contributed by atoms with Gasteiger partial charge in [-0.25, -0.2) is 9.59 Å². The van der Waals surface area contributed by atoms with E-state index in [-0.39, 0.29) is 23.1 Å². The number of nitrogens with zero attached hydrogens (tertiary/aromatic N) is 2. The fourth-order valence-electron chi connectivity index (χ4n) is 2.14. The third kappa shape index (κ3) is 6.23. The van der Waals surface area contributed by atoms with E-state index in [1.165, 1.54) is 0 Å². The lowest BCUT2D eigenvalue weighted by molar-refractivity contribution is 0.125. The first-order valence-corrected chi connectivity index (χ1v) is 7.44. The van der Waals surface area contributed by atoms with Crippen molar-refractivity contribution in [3.8, 4) is 0 Å². The Hall–Kier alpha value is -1.46. The van der Waals surface area contributed by atoms with Crippen molar-refractivity contribution in [2.75, 3.05) is 27.2 Å². The average Bonchev–Trinajstić information content (AvgIpc) is 2.34. The smallest absolute Gasteiger partial charge is 0.317 e. The molecule has 0 spiro atoms. The van der Waals surface area contributed by atoms with Crippen LogP contribution in [0.1, 0.15) is 48.0 Å². The molecule has 0 aliphatic carbocycles. The third-order valence-electron chi connectivity index (χ3n) is 3.30. The number of carbonyl (C=O) groups is 2. The van der Waals surface area contributed by atoms with Gasteiger partial charge in [0, 0.05) is 38.3 Å². The van der Waals surface area contributed by atoms with Crippen molar-refractivity contribution < 1.29 is 9.59 Å². The Morgan fingerprint density at radius 2 is 1.05 bits per heavy atom. The number of urea groups is 2. The highest BCUT2D eigenvalue weighted by molar-refractivity contribution is 5.75. The Morgan fingerprint density at radius 3 is 1.24 bits per heavy atom. The fraction of sp³-hybridized carbons (Fsp3) is 0.867. The topological polar surface area (TPSA) is 64.7 Å². The quantitative estimate of drug-likeness (QED) is 0.836. The molecule has 0 saturated heterocycles. The zero-order valence-corrected chi connectivity index (χ0v) is 14.8. The van der Waals surface area contributed by atoms with E-state index in [9.17, 15) is 9.59 Å². The Labute approximate surface area is 129 Å². The van der Waals surface area contributed by atoms with E-state index < -0.39 is 0 Å². The van der Waals surface area contributed by atoms with E-state index in [1.54, 1.807) is 23.9 Å². The molecule has 0 saturated carbocycles. The van der Waals surface area contributed by atoms with Crippen molar-refractivity contribution in [3.63, 3.8) is 0 Å². The Kier molecular flexibility index (Phi) is 7.00. The highest BCUT2D eigenvalue weighted by Gasteiger charge is 2.28. The van der Waals surface area contributed by atoms with Crippen LogP contribution in [0, 0.1) is 0 Å². The van der Waals surface area contributed by atoms with Crippen LogP contribution < -0.4 is 10.6 Å². The van der Waals surface area contributed by atoms with Crippen molar-refractivity contribution in [3.05, 3.63) is 0 Å². The SMILES string of the molecule is CNC(=O)N(CCCN(C(=O)NC)C(C)(C)C)C(C)(C)C. The number of amides is 4. The van der Waals surface area contributed by atoms with Gasteiger partial charge in [0.25, 0.3) is 0 Å². The molecular formula is C15H32N4O2. The first-order chi connectivity index (χ1) is 9.45. The van der Waals surface area contributed by atoms with Crippen LogP contribution in [0.15, 0.2) is 0 Å². The van der Waals surface area contributed by atoms with Gasteiger partial charge in [-0.15, -0.1) is 0 Å². The number of hydrogen-bond donors (Lipinski definition) is 2. The zero-order valence-electron chi connectivity index (χ0n) is 14.8. The van der Waals surface area contributed by atoms with Crippen LogP contribution in [0.25, 0.3) is 0 Å². The summed E-state index contributed by atoms with van der Waals surface area (Å²) in [6, 6.07) is -0.186. The maximum absolute atomic E-state index is 11.9. The van der Waals surface area contributed by atoms with Gasteiger partial charge in [-0.1, -0.05) is 0 Å². The minimum absolute atomic E-state index is 0.0928. The van der Waals surface area contributed by atoms with Crippen LogP contribution in [0.5, 0.6) is 0 Å². The maximum atomic E-state index is 11.9. The van der Waals surface area contributed by atoms with Gasteiger partial charge in [-0.05, 0) is 48.0 Å². The molecule has 4 amide bonds. The minimum atomic E-state index is -0.250. The van der Waals surface area contributed by atoms with E-state index in [4.69, 9.17) is 0 Å². The van der Waals surface area contributed by atoms with Crippen LogP contribution in [0.2, 0.25) is 0 Å². The normalized spacial score (nSPS) is 11.8. The van der Waals surface area contributed by atoms with E-state index in [0.29, 0.717) is 13.1 Å². The second-order valence-electron chi connectivity index (χ2n) is 7.11. The molecule has 0 aromatic rings. The van der Waals surface area contributed by atoms with Gasteiger partial charge < -0.3 is 20.4 Å². The van der Waals surface area contributed by atoms with Crippen LogP contribution in [-0.2, 0) is 0 Å². The Balaban J connectivity index is 4.74. The molecule has 6 heteroatoms. The van der Waals surface area contributed by atoms with Gasteiger partial charge in [0.15, 0.2) is 0 Å². The molecule has 0 bridgehead atoms. The predicted octanol–water partition coefficient (Wildman–Crippen LogP) is 2.26. The summed E-state index contributed by atoms with van der Waals surface area (Å²) in [7, 11) is 3.26.